The number of aromatic hydroxyl groups is 1. The summed E-state index contributed by atoms with van der Waals surface area (Å²) in [7, 11) is 0. The molecule has 0 heterocycles. The first-order chi connectivity index (χ1) is 10.3. The van der Waals surface area contributed by atoms with Gasteiger partial charge in [0.15, 0.2) is 0 Å². The van der Waals surface area contributed by atoms with E-state index in [9.17, 15) is 5.11 Å². The number of benzene rings is 3. The fraction of sp³-hybridized carbons (Fsp3) is 0. The van der Waals surface area contributed by atoms with E-state index in [2.05, 4.69) is 0 Å². The van der Waals surface area contributed by atoms with Crippen molar-refractivity contribution in [1.29, 1.82) is 0 Å². The number of rotatable bonds is 3. The van der Waals surface area contributed by atoms with Gasteiger partial charge in [-0.3, -0.25) is 0 Å². The van der Waals surface area contributed by atoms with Gasteiger partial charge in [-0.15, -0.1) is 0 Å². The molecule has 0 aliphatic heterocycles. The highest BCUT2D eigenvalue weighted by molar-refractivity contribution is 6.13. The topological polar surface area (TPSA) is 32.6 Å². The first-order valence-electron chi connectivity index (χ1n) is 6.81. The number of aliphatic imine (C=N–C) groups is 1. The fourth-order valence-electron chi connectivity index (χ4n) is 2.14. The first kappa shape index (κ1) is 13.1. The van der Waals surface area contributed by atoms with Gasteiger partial charge < -0.3 is 5.11 Å². The van der Waals surface area contributed by atoms with Crippen molar-refractivity contribution >= 4 is 11.4 Å². The molecule has 0 saturated carbocycles. The van der Waals surface area contributed by atoms with Crippen molar-refractivity contribution in [2.75, 3.05) is 0 Å². The van der Waals surface area contributed by atoms with Crippen molar-refractivity contribution in [1.82, 2.24) is 0 Å². The third kappa shape index (κ3) is 3.18. The second-order valence-corrected chi connectivity index (χ2v) is 4.71. The molecule has 102 valence electrons. The highest BCUT2D eigenvalue weighted by Crippen LogP contribution is 2.20. The van der Waals surface area contributed by atoms with Crippen LogP contribution in [-0.4, -0.2) is 10.8 Å². The molecule has 0 fully saturated rings. The third-order valence-corrected chi connectivity index (χ3v) is 3.19. The zero-order valence-electron chi connectivity index (χ0n) is 11.5. The number of hydrogen-bond donors (Lipinski definition) is 1. The summed E-state index contributed by atoms with van der Waals surface area (Å²) in [6, 6.07) is 27.1. The van der Waals surface area contributed by atoms with Crippen molar-refractivity contribution in [2.45, 2.75) is 0 Å². The lowest BCUT2D eigenvalue weighted by atomic mass is 10.0. The molecule has 0 unspecified atom stereocenters. The Balaban J connectivity index is 2.10. The number of hydrogen-bond acceptors (Lipinski definition) is 2. The molecule has 3 aromatic rings. The average molecular weight is 273 g/mol. The molecule has 0 aliphatic carbocycles. The fourth-order valence-corrected chi connectivity index (χ4v) is 2.14. The molecule has 0 saturated heterocycles. The van der Waals surface area contributed by atoms with Crippen molar-refractivity contribution in [3.05, 3.63) is 96.1 Å². The maximum Gasteiger partial charge on any atom is 0.115 e. The SMILES string of the molecule is Oc1ccc(N=C(c2ccccc2)c2ccccc2)cc1. The lowest BCUT2D eigenvalue weighted by Gasteiger charge is -2.07. The summed E-state index contributed by atoms with van der Waals surface area (Å²) in [5.41, 5.74) is 3.87. The molecule has 0 aromatic heterocycles. The molecule has 0 aliphatic rings. The number of nitrogens with zero attached hydrogens (tertiary/aromatic N) is 1. The number of phenols is 1. The lowest BCUT2D eigenvalue weighted by molar-refractivity contribution is 0.475. The first-order valence-corrected chi connectivity index (χ1v) is 6.81. The Morgan fingerprint density at radius 1 is 0.619 bits per heavy atom. The molecule has 0 atom stereocenters. The van der Waals surface area contributed by atoms with Gasteiger partial charge in [-0.05, 0) is 24.3 Å². The van der Waals surface area contributed by atoms with Crippen LogP contribution < -0.4 is 0 Å². The van der Waals surface area contributed by atoms with E-state index < -0.39 is 0 Å². The molecule has 21 heavy (non-hydrogen) atoms. The molecule has 2 nitrogen and oxygen atoms in total. The van der Waals surface area contributed by atoms with Crippen LogP contribution in [0.5, 0.6) is 5.75 Å². The molecule has 0 radical (unpaired) electrons. The molecular weight excluding hydrogens is 258 g/mol. The zero-order chi connectivity index (χ0) is 14.5. The van der Waals surface area contributed by atoms with Crippen LogP contribution in [0, 0.1) is 0 Å². The third-order valence-electron chi connectivity index (χ3n) is 3.19. The highest BCUT2D eigenvalue weighted by atomic mass is 16.3. The standard InChI is InChI=1S/C19H15NO/c21-18-13-11-17(12-14-18)20-19(15-7-3-1-4-8-15)16-9-5-2-6-10-16/h1-14,21H. The van der Waals surface area contributed by atoms with Gasteiger partial charge in [-0.2, -0.15) is 0 Å². The van der Waals surface area contributed by atoms with Crippen molar-refractivity contribution < 1.29 is 5.11 Å². The Hall–Kier alpha value is -2.87. The van der Waals surface area contributed by atoms with E-state index in [4.69, 9.17) is 4.99 Å². The molecule has 0 amide bonds. The second kappa shape index (κ2) is 6.06. The Kier molecular flexibility index (Phi) is 3.79. The Morgan fingerprint density at radius 3 is 1.57 bits per heavy atom. The van der Waals surface area contributed by atoms with E-state index in [-0.39, 0.29) is 5.75 Å². The van der Waals surface area contributed by atoms with E-state index in [0.29, 0.717) is 0 Å². The molecule has 3 aromatic carbocycles. The van der Waals surface area contributed by atoms with E-state index in [1.165, 1.54) is 0 Å². The maximum absolute atomic E-state index is 9.38. The van der Waals surface area contributed by atoms with Crippen LogP contribution in [-0.2, 0) is 0 Å². The van der Waals surface area contributed by atoms with Crippen molar-refractivity contribution in [3.63, 3.8) is 0 Å². The quantitative estimate of drug-likeness (QED) is 0.697. The average Bonchev–Trinajstić information content (AvgIpc) is 2.56. The zero-order valence-corrected chi connectivity index (χ0v) is 11.5. The summed E-state index contributed by atoms with van der Waals surface area (Å²) in [5.74, 6) is 0.245. The van der Waals surface area contributed by atoms with Crippen molar-refractivity contribution in [3.8, 4) is 5.75 Å². The molecule has 0 spiro atoms. The van der Waals surface area contributed by atoms with Crippen LogP contribution in [0.15, 0.2) is 89.9 Å². The van der Waals surface area contributed by atoms with Crippen LogP contribution in [0.1, 0.15) is 11.1 Å². The highest BCUT2D eigenvalue weighted by Gasteiger charge is 2.06. The second-order valence-electron chi connectivity index (χ2n) is 4.71. The van der Waals surface area contributed by atoms with Crippen LogP contribution in [0.3, 0.4) is 0 Å². The maximum atomic E-state index is 9.38. The minimum atomic E-state index is 0.245. The normalized spacial score (nSPS) is 10.1. The van der Waals surface area contributed by atoms with Gasteiger partial charge in [-0.1, -0.05) is 60.7 Å². The van der Waals surface area contributed by atoms with Gasteiger partial charge >= 0.3 is 0 Å². The monoisotopic (exact) mass is 273 g/mol. The van der Waals surface area contributed by atoms with Gasteiger partial charge in [0, 0.05) is 11.1 Å². The minimum absolute atomic E-state index is 0.245. The van der Waals surface area contributed by atoms with Crippen LogP contribution in [0.25, 0.3) is 0 Å². The van der Waals surface area contributed by atoms with Gasteiger partial charge in [0.1, 0.15) is 5.75 Å². The summed E-state index contributed by atoms with van der Waals surface area (Å²) < 4.78 is 0. The predicted molar refractivity (Wildman–Crippen MR) is 86.3 cm³/mol. The molecule has 3 rings (SSSR count). The Labute approximate surface area is 124 Å². The van der Waals surface area contributed by atoms with E-state index in [1.54, 1.807) is 24.3 Å². The Morgan fingerprint density at radius 2 is 1.10 bits per heavy atom. The molecule has 0 bridgehead atoms. The molecule has 2 heteroatoms. The summed E-state index contributed by atoms with van der Waals surface area (Å²) in [5, 5.41) is 9.38. The van der Waals surface area contributed by atoms with Crippen LogP contribution in [0.4, 0.5) is 5.69 Å². The van der Waals surface area contributed by atoms with E-state index in [1.807, 2.05) is 60.7 Å². The van der Waals surface area contributed by atoms with Gasteiger partial charge in [-0.25, -0.2) is 4.99 Å². The van der Waals surface area contributed by atoms with Gasteiger partial charge in [0.05, 0.1) is 11.4 Å². The predicted octanol–water partition coefficient (Wildman–Crippen LogP) is 4.56. The van der Waals surface area contributed by atoms with Crippen LogP contribution in [0.2, 0.25) is 0 Å². The largest absolute Gasteiger partial charge is 0.508 e. The van der Waals surface area contributed by atoms with Crippen LogP contribution >= 0.6 is 0 Å². The summed E-state index contributed by atoms with van der Waals surface area (Å²) in [4.78, 5) is 4.75. The van der Waals surface area contributed by atoms with E-state index >= 15 is 0 Å². The minimum Gasteiger partial charge on any atom is -0.508 e. The summed E-state index contributed by atoms with van der Waals surface area (Å²) in [6.07, 6.45) is 0. The number of phenolic OH excluding ortho intramolecular Hbond substituents is 1. The molecule has 1 N–H and O–H groups in total. The van der Waals surface area contributed by atoms with Gasteiger partial charge in [0.25, 0.3) is 0 Å². The summed E-state index contributed by atoms with van der Waals surface area (Å²) >= 11 is 0. The van der Waals surface area contributed by atoms with Crippen molar-refractivity contribution in [2.24, 2.45) is 4.99 Å². The van der Waals surface area contributed by atoms with Gasteiger partial charge in [0.2, 0.25) is 0 Å². The molecular formula is C19H15NO. The van der Waals surface area contributed by atoms with E-state index in [0.717, 1.165) is 22.5 Å². The Bertz CT molecular complexity index is 690. The lowest BCUT2D eigenvalue weighted by Crippen LogP contribution is -2.02. The smallest absolute Gasteiger partial charge is 0.115 e. The summed E-state index contributed by atoms with van der Waals surface area (Å²) in [6.45, 7) is 0.